The van der Waals surface area contributed by atoms with Gasteiger partial charge in [0.2, 0.25) is 0 Å². The number of fused-ring (bicyclic) bond motifs is 1. The molecule has 8 nitrogen and oxygen atoms in total. The van der Waals surface area contributed by atoms with E-state index in [2.05, 4.69) is 15.2 Å². The van der Waals surface area contributed by atoms with E-state index < -0.39 is 0 Å². The SMILES string of the molecule is CCOC(=O)CCCCCOc1ccc(NC(=O)C2=C(COC)N3CCCN=C3S2)cc1. The summed E-state index contributed by atoms with van der Waals surface area (Å²) in [6, 6.07) is 7.34. The van der Waals surface area contributed by atoms with E-state index in [1.807, 2.05) is 31.2 Å². The van der Waals surface area contributed by atoms with Crippen LogP contribution in [0.4, 0.5) is 5.69 Å². The molecule has 0 saturated carbocycles. The van der Waals surface area contributed by atoms with Crippen molar-refractivity contribution in [1.29, 1.82) is 0 Å². The third-order valence-electron chi connectivity index (χ3n) is 5.00. The first-order chi connectivity index (χ1) is 15.6. The molecule has 1 N–H and O–H groups in total. The fourth-order valence-corrected chi connectivity index (χ4v) is 4.53. The molecular weight excluding hydrogens is 430 g/mol. The van der Waals surface area contributed by atoms with E-state index in [1.165, 1.54) is 11.8 Å². The number of esters is 1. The topological polar surface area (TPSA) is 89.5 Å². The van der Waals surface area contributed by atoms with Crippen molar-refractivity contribution in [3.8, 4) is 5.75 Å². The Bertz CT molecular complexity index is 854. The Kier molecular flexibility index (Phi) is 9.43. The van der Waals surface area contributed by atoms with E-state index in [0.29, 0.717) is 36.8 Å². The third kappa shape index (κ3) is 6.74. The van der Waals surface area contributed by atoms with Gasteiger partial charge in [-0.15, -0.1) is 0 Å². The van der Waals surface area contributed by atoms with Crippen LogP contribution in [0.15, 0.2) is 39.9 Å². The molecule has 2 aliphatic heterocycles. The van der Waals surface area contributed by atoms with Crippen molar-refractivity contribution in [2.24, 2.45) is 4.99 Å². The maximum absolute atomic E-state index is 12.9. The lowest BCUT2D eigenvalue weighted by atomic mass is 10.2. The summed E-state index contributed by atoms with van der Waals surface area (Å²) in [6.07, 6.45) is 4.00. The number of unbranched alkanes of at least 4 members (excludes halogenated alkanes) is 2. The van der Waals surface area contributed by atoms with Gasteiger partial charge < -0.3 is 24.4 Å². The summed E-state index contributed by atoms with van der Waals surface area (Å²) in [4.78, 5) is 31.4. The molecule has 0 spiro atoms. The first-order valence-corrected chi connectivity index (χ1v) is 11.9. The molecule has 0 aromatic heterocycles. The highest BCUT2D eigenvalue weighted by molar-refractivity contribution is 8.18. The summed E-state index contributed by atoms with van der Waals surface area (Å²) in [5.74, 6) is 0.444. The number of carbonyl (C=O) groups is 2. The molecule has 0 bridgehead atoms. The van der Waals surface area contributed by atoms with Gasteiger partial charge in [-0.3, -0.25) is 14.6 Å². The summed E-state index contributed by atoms with van der Waals surface area (Å²) < 4.78 is 16.0. The highest BCUT2D eigenvalue weighted by atomic mass is 32.2. The second-order valence-corrected chi connectivity index (χ2v) is 8.40. The summed E-state index contributed by atoms with van der Waals surface area (Å²) in [6.45, 7) is 4.84. The molecule has 1 aromatic carbocycles. The van der Waals surface area contributed by atoms with Crippen LogP contribution in [0.3, 0.4) is 0 Å². The first kappa shape index (κ1) is 24.1. The Labute approximate surface area is 193 Å². The Hall–Kier alpha value is -2.52. The van der Waals surface area contributed by atoms with Crippen molar-refractivity contribution in [3.05, 3.63) is 34.9 Å². The Morgan fingerprint density at radius 2 is 2.00 bits per heavy atom. The Morgan fingerprint density at radius 3 is 2.75 bits per heavy atom. The number of amides is 1. The molecule has 2 heterocycles. The number of amidine groups is 1. The largest absolute Gasteiger partial charge is 0.494 e. The number of ether oxygens (including phenoxy) is 3. The van der Waals surface area contributed by atoms with Crippen molar-refractivity contribution in [2.45, 2.75) is 39.0 Å². The Morgan fingerprint density at radius 1 is 1.19 bits per heavy atom. The fourth-order valence-electron chi connectivity index (χ4n) is 3.45. The number of carbonyl (C=O) groups excluding carboxylic acids is 2. The molecule has 0 saturated heterocycles. The van der Waals surface area contributed by atoms with Gasteiger partial charge in [0.25, 0.3) is 5.91 Å². The van der Waals surface area contributed by atoms with Gasteiger partial charge in [0.1, 0.15) is 10.7 Å². The number of hydrogen-bond acceptors (Lipinski definition) is 8. The van der Waals surface area contributed by atoms with Gasteiger partial charge >= 0.3 is 5.97 Å². The molecule has 174 valence electrons. The zero-order valence-corrected chi connectivity index (χ0v) is 19.5. The number of benzene rings is 1. The average molecular weight is 462 g/mol. The molecule has 1 amide bonds. The van der Waals surface area contributed by atoms with Crippen molar-refractivity contribution in [3.63, 3.8) is 0 Å². The molecule has 0 aliphatic carbocycles. The average Bonchev–Trinajstić information content (AvgIpc) is 3.16. The highest BCUT2D eigenvalue weighted by Gasteiger charge is 2.34. The molecule has 32 heavy (non-hydrogen) atoms. The van der Waals surface area contributed by atoms with Crippen molar-refractivity contribution < 1.29 is 23.8 Å². The van der Waals surface area contributed by atoms with Crippen LogP contribution in [0.25, 0.3) is 0 Å². The van der Waals surface area contributed by atoms with E-state index in [1.54, 1.807) is 7.11 Å². The monoisotopic (exact) mass is 461 g/mol. The van der Waals surface area contributed by atoms with Crippen LogP contribution in [0.2, 0.25) is 0 Å². The summed E-state index contributed by atoms with van der Waals surface area (Å²) >= 11 is 1.40. The molecular formula is C23H31N3O5S. The van der Waals surface area contributed by atoms with Crippen LogP contribution in [0, 0.1) is 0 Å². The predicted octanol–water partition coefficient (Wildman–Crippen LogP) is 3.79. The zero-order valence-electron chi connectivity index (χ0n) is 18.7. The van der Waals surface area contributed by atoms with E-state index >= 15 is 0 Å². The lowest BCUT2D eigenvalue weighted by molar-refractivity contribution is -0.143. The first-order valence-electron chi connectivity index (χ1n) is 11.0. The molecule has 0 radical (unpaired) electrons. The van der Waals surface area contributed by atoms with Gasteiger partial charge in [-0.2, -0.15) is 0 Å². The molecule has 9 heteroatoms. The van der Waals surface area contributed by atoms with Crippen molar-refractivity contribution in [2.75, 3.05) is 45.3 Å². The lowest BCUT2D eigenvalue weighted by Gasteiger charge is -2.24. The number of thioether (sulfide) groups is 1. The van der Waals surface area contributed by atoms with Gasteiger partial charge in [-0.05, 0) is 68.6 Å². The normalized spacial score (nSPS) is 15.3. The van der Waals surface area contributed by atoms with Gasteiger partial charge in [0.05, 0.1) is 25.5 Å². The molecule has 2 aliphatic rings. The van der Waals surface area contributed by atoms with E-state index in [-0.39, 0.29) is 11.9 Å². The van der Waals surface area contributed by atoms with Gasteiger partial charge in [-0.1, -0.05) is 0 Å². The number of rotatable bonds is 12. The van der Waals surface area contributed by atoms with E-state index in [9.17, 15) is 9.59 Å². The summed E-state index contributed by atoms with van der Waals surface area (Å²) in [5.41, 5.74) is 1.57. The second-order valence-electron chi connectivity index (χ2n) is 7.42. The van der Waals surface area contributed by atoms with Gasteiger partial charge in [-0.25, -0.2) is 0 Å². The number of anilines is 1. The second kappa shape index (κ2) is 12.5. The lowest BCUT2D eigenvalue weighted by Crippen LogP contribution is -2.31. The molecule has 0 unspecified atom stereocenters. The molecule has 1 aromatic rings. The molecule has 3 rings (SSSR count). The number of methoxy groups -OCH3 is 1. The smallest absolute Gasteiger partial charge is 0.305 e. The zero-order chi connectivity index (χ0) is 22.8. The number of aliphatic imine (C=N–C) groups is 1. The minimum atomic E-state index is -0.158. The predicted molar refractivity (Wildman–Crippen MR) is 126 cm³/mol. The number of nitrogens with one attached hydrogen (secondary N) is 1. The minimum Gasteiger partial charge on any atom is -0.494 e. The van der Waals surface area contributed by atoms with Gasteiger partial charge in [0.15, 0.2) is 5.17 Å². The number of nitrogens with zero attached hydrogens (tertiary/aromatic N) is 2. The van der Waals surface area contributed by atoms with E-state index in [4.69, 9.17) is 14.2 Å². The van der Waals surface area contributed by atoms with Crippen molar-refractivity contribution >= 4 is 34.5 Å². The minimum absolute atomic E-state index is 0.142. The maximum atomic E-state index is 12.9. The standard InChI is InChI=1S/C23H31N3O5S/c1-3-30-20(27)8-5-4-6-15-31-18-11-9-17(10-12-18)25-22(28)21-19(16-29-2)26-14-7-13-24-23(26)32-21/h9-12H,3-8,13-16H2,1-2H3,(H,25,28). The van der Waals surface area contributed by atoms with Crippen LogP contribution < -0.4 is 10.1 Å². The van der Waals surface area contributed by atoms with Gasteiger partial charge in [0, 0.05) is 32.3 Å². The van der Waals surface area contributed by atoms with E-state index in [0.717, 1.165) is 55.4 Å². The quantitative estimate of drug-likeness (QED) is 0.374. The number of hydrogen-bond donors (Lipinski definition) is 1. The molecule has 0 fully saturated rings. The fraction of sp³-hybridized carbons (Fsp3) is 0.522. The van der Waals surface area contributed by atoms with Crippen molar-refractivity contribution in [1.82, 2.24) is 4.90 Å². The third-order valence-corrected chi connectivity index (χ3v) is 6.16. The van der Waals surface area contributed by atoms with Crippen LogP contribution in [-0.2, 0) is 19.1 Å². The van der Waals surface area contributed by atoms with Crippen LogP contribution in [0.1, 0.15) is 39.0 Å². The maximum Gasteiger partial charge on any atom is 0.305 e. The van der Waals surface area contributed by atoms with Crippen LogP contribution in [-0.4, -0.2) is 62.0 Å². The van der Waals surface area contributed by atoms with Crippen LogP contribution in [0.5, 0.6) is 5.75 Å². The molecule has 0 atom stereocenters. The highest BCUT2D eigenvalue weighted by Crippen LogP contribution is 2.37. The van der Waals surface area contributed by atoms with Crippen LogP contribution >= 0.6 is 11.8 Å². The summed E-state index contributed by atoms with van der Waals surface area (Å²) in [7, 11) is 1.63. The summed E-state index contributed by atoms with van der Waals surface area (Å²) in [5, 5.41) is 3.83. The Balaban J connectivity index is 1.45.